The minimum absolute atomic E-state index is 0.126. The van der Waals surface area contributed by atoms with Gasteiger partial charge >= 0.3 is 0 Å². The predicted molar refractivity (Wildman–Crippen MR) is 129 cm³/mol. The lowest BCUT2D eigenvalue weighted by molar-refractivity contribution is -0.113. The lowest BCUT2D eigenvalue weighted by Gasteiger charge is -2.15. The summed E-state index contributed by atoms with van der Waals surface area (Å²) < 4.78 is 1.88. The van der Waals surface area contributed by atoms with Gasteiger partial charge in [0.2, 0.25) is 5.91 Å². The van der Waals surface area contributed by atoms with Crippen LogP contribution in [-0.2, 0) is 11.3 Å². The molecule has 0 spiro atoms. The molecule has 0 saturated carbocycles. The summed E-state index contributed by atoms with van der Waals surface area (Å²) in [4.78, 5) is 24.9. The summed E-state index contributed by atoms with van der Waals surface area (Å²) in [6, 6.07) is 11.9. The topological polar surface area (TPSA) is 88.9 Å². The zero-order valence-electron chi connectivity index (χ0n) is 17.9. The number of rotatable bonds is 8. The Labute approximate surface area is 200 Å². The Morgan fingerprint density at radius 3 is 2.62 bits per heavy atom. The van der Waals surface area contributed by atoms with Crippen molar-refractivity contribution < 1.29 is 9.59 Å². The molecule has 0 fully saturated rings. The van der Waals surface area contributed by atoms with E-state index in [0.717, 1.165) is 5.56 Å². The van der Waals surface area contributed by atoms with Gasteiger partial charge in [-0.15, -0.1) is 10.2 Å². The third-order valence-corrected chi connectivity index (χ3v) is 6.13. The van der Waals surface area contributed by atoms with E-state index in [9.17, 15) is 9.59 Å². The monoisotopic (exact) mass is 491 g/mol. The van der Waals surface area contributed by atoms with Crippen molar-refractivity contribution in [3.63, 3.8) is 0 Å². The number of halogens is 2. The van der Waals surface area contributed by atoms with Gasteiger partial charge in [-0.25, -0.2) is 0 Å². The fraction of sp³-hybridized carbons (Fsp3) is 0.273. The van der Waals surface area contributed by atoms with Gasteiger partial charge in [0.1, 0.15) is 0 Å². The highest BCUT2D eigenvalue weighted by molar-refractivity contribution is 7.99. The molecule has 10 heteroatoms. The number of hydrogen-bond acceptors (Lipinski definition) is 5. The van der Waals surface area contributed by atoms with Crippen LogP contribution in [0.25, 0.3) is 0 Å². The molecule has 32 heavy (non-hydrogen) atoms. The number of benzene rings is 2. The predicted octanol–water partition coefficient (Wildman–Crippen LogP) is 5.14. The fourth-order valence-corrected chi connectivity index (χ4v) is 4.33. The lowest BCUT2D eigenvalue weighted by atomic mass is 10.1. The molecule has 0 radical (unpaired) electrons. The third-order valence-electron chi connectivity index (χ3n) is 4.61. The largest absolute Gasteiger partial charge is 0.342 e. The zero-order valence-corrected chi connectivity index (χ0v) is 20.2. The van der Waals surface area contributed by atoms with Crippen molar-refractivity contribution in [3.05, 3.63) is 69.5 Å². The van der Waals surface area contributed by atoms with Crippen LogP contribution in [0.4, 0.5) is 5.69 Å². The number of carbonyl (C=O) groups excluding carboxylic acids is 2. The van der Waals surface area contributed by atoms with Gasteiger partial charge in [-0.3, -0.25) is 9.59 Å². The van der Waals surface area contributed by atoms with E-state index in [1.54, 1.807) is 24.3 Å². The van der Waals surface area contributed by atoms with Crippen LogP contribution >= 0.6 is 35.0 Å². The Morgan fingerprint density at radius 1 is 1.16 bits per heavy atom. The molecule has 168 valence electrons. The van der Waals surface area contributed by atoms with Gasteiger partial charge in [-0.05, 0) is 51.1 Å². The van der Waals surface area contributed by atoms with Gasteiger partial charge in [0.15, 0.2) is 11.0 Å². The standard InChI is InChI=1S/C22H23Cl2N5O2S/c1-4-29-20(14(3)25-21(31)15-7-5-6-13(2)10-15)27-28-22(29)32-12-19(30)26-18-9-8-16(23)11-17(18)24/h5-11,14H,4,12H2,1-3H3,(H,25,31)(H,26,30)/t14-/m1/s1. The molecular formula is C22H23Cl2N5O2S. The van der Waals surface area contributed by atoms with Crippen LogP contribution in [0.15, 0.2) is 47.6 Å². The first-order valence-corrected chi connectivity index (χ1v) is 11.7. The highest BCUT2D eigenvalue weighted by Gasteiger charge is 2.20. The van der Waals surface area contributed by atoms with E-state index in [0.29, 0.717) is 38.8 Å². The van der Waals surface area contributed by atoms with Crippen LogP contribution in [0.3, 0.4) is 0 Å². The zero-order chi connectivity index (χ0) is 23.3. The third kappa shape index (κ3) is 6.03. The molecule has 7 nitrogen and oxygen atoms in total. The van der Waals surface area contributed by atoms with Crippen molar-refractivity contribution in [1.82, 2.24) is 20.1 Å². The van der Waals surface area contributed by atoms with E-state index in [1.807, 2.05) is 43.5 Å². The van der Waals surface area contributed by atoms with Crippen LogP contribution in [-0.4, -0.2) is 32.3 Å². The van der Waals surface area contributed by atoms with E-state index < -0.39 is 0 Å². The summed E-state index contributed by atoms with van der Waals surface area (Å²) in [6.45, 7) is 6.35. The SMILES string of the molecule is CCn1c(SCC(=O)Nc2ccc(Cl)cc2Cl)nnc1[C@@H](C)NC(=O)c1cccc(C)c1. The van der Waals surface area contributed by atoms with Crippen LogP contribution in [0.2, 0.25) is 10.0 Å². The molecule has 1 heterocycles. The molecule has 2 aromatic carbocycles. The number of anilines is 1. The van der Waals surface area contributed by atoms with Crippen molar-refractivity contribution in [2.45, 2.75) is 38.5 Å². The molecule has 0 aliphatic heterocycles. The van der Waals surface area contributed by atoms with E-state index >= 15 is 0 Å². The van der Waals surface area contributed by atoms with Gasteiger partial charge in [0, 0.05) is 17.1 Å². The molecule has 0 saturated heterocycles. The number of nitrogens with one attached hydrogen (secondary N) is 2. The summed E-state index contributed by atoms with van der Waals surface area (Å²) >= 11 is 13.2. The molecule has 2 N–H and O–H groups in total. The van der Waals surface area contributed by atoms with Crippen molar-refractivity contribution in [2.75, 3.05) is 11.1 Å². The Balaban J connectivity index is 1.63. The highest BCUT2D eigenvalue weighted by atomic mass is 35.5. The molecular weight excluding hydrogens is 469 g/mol. The first kappa shape index (κ1) is 24.1. The molecule has 0 aliphatic rings. The van der Waals surface area contributed by atoms with Crippen molar-refractivity contribution in [2.24, 2.45) is 0 Å². The number of aromatic nitrogens is 3. The summed E-state index contributed by atoms with van der Waals surface area (Å²) in [7, 11) is 0. The summed E-state index contributed by atoms with van der Waals surface area (Å²) in [5.74, 6) is 0.339. The average Bonchev–Trinajstić information content (AvgIpc) is 3.17. The number of aryl methyl sites for hydroxylation is 1. The minimum Gasteiger partial charge on any atom is -0.342 e. The average molecular weight is 492 g/mol. The molecule has 0 bridgehead atoms. The maximum atomic E-state index is 12.6. The maximum Gasteiger partial charge on any atom is 0.251 e. The van der Waals surface area contributed by atoms with Gasteiger partial charge in [-0.2, -0.15) is 0 Å². The molecule has 3 rings (SSSR count). The van der Waals surface area contributed by atoms with Crippen LogP contribution in [0.5, 0.6) is 0 Å². The number of carbonyl (C=O) groups is 2. The van der Waals surface area contributed by atoms with E-state index in [4.69, 9.17) is 23.2 Å². The van der Waals surface area contributed by atoms with Crippen LogP contribution in [0.1, 0.15) is 41.6 Å². The Kier molecular flexibility index (Phi) is 8.17. The van der Waals surface area contributed by atoms with Gasteiger partial charge in [0.25, 0.3) is 5.91 Å². The smallest absolute Gasteiger partial charge is 0.251 e. The van der Waals surface area contributed by atoms with Crippen molar-refractivity contribution >= 4 is 52.5 Å². The molecule has 1 atom stereocenters. The summed E-state index contributed by atoms with van der Waals surface area (Å²) in [5.41, 5.74) is 2.09. The molecule has 0 aliphatic carbocycles. The van der Waals surface area contributed by atoms with Gasteiger partial charge in [0.05, 0.1) is 22.5 Å². The normalized spacial score (nSPS) is 11.8. The van der Waals surface area contributed by atoms with Gasteiger partial charge < -0.3 is 15.2 Å². The summed E-state index contributed by atoms with van der Waals surface area (Å²) in [6.07, 6.45) is 0. The van der Waals surface area contributed by atoms with E-state index in [-0.39, 0.29) is 23.6 Å². The van der Waals surface area contributed by atoms with Crippen LogP contribution < -0.4 is 10.6 Å². The number of amides is 2. The highest BCUT2D eigenvalue weighted by Crippen LogP contribution is 2.26. The number of nitrogens with zero attached hydrogens (tertiary/aromatic N) is 3. The Morgan fingerprint density at radius 2 is 1.94 bits per heavy atom. The number of thioether (sulfide) groups is 1. The second-order valence-electron chi connectivity index (χ2n) is 7.11. The second kappa shape index (κ2) is 10.8. The van der Waals surface area contributed by atoms with E-state index in [2.05, 4.69) is 20.8 Å². The van der Waals surface area contributed by atoms with Crippen LogP contribution in [0, 0.1) is 6.92 Å². The fourth-order valence-electron chi connectivity index (χ4n) is 3.06. The maximum absolute atomic E-state index is 12.6. The first-order valence-electron chi connectivity index (χ1n) is 9.96. The Hall–Kier alpha value is -2.55. The lowest BCUT2D eigenvalue weighted by Crippen LogP contribution is -2.28. The molecule has 3 aromatic rings. The molecule has 1 aromatic heterocycles. The van der Waals surface area contributed by atoms with Crippen molar-refractivity contribution in [1.29, 1.82) is 0 Å². The van der Waals surface area contributed by atoms with Gasteiger partial charge in [-0.1, -0.05) is 52.7 Å². The quantitative estimate of drug-likeness (QED) is 0.426. The Bertz CT molecular complexity index is 1140. The second-order valence-corrected chi connectivity index (χ2v) is 8.90. The molecule has 2 amide bonds. The summed E-state index contributed by atoms with van der Waals surface area (Å²) in [5, 5.41) is 15.6. The van der Waals surface area contributed by atoms with E-state index in [1.165, 1.54) is 11.8 Å². The minimum atomic E-state index is -0.355. The molecule has 0 unspecified atom stereocenters. The first-order chi connectivity index (χ1) is 15.3. The van der Waals surface area contributed by atoms with Crippen molar-refractivity contribution in [3.8, 4) is 0 Å². The number of hydrogen-bond donors (Lipinski definition) is 2.